The van der Waals surface area contributed by atoms with E-state index in [1.54, 1.807) is 18.3 Å². The molecule has 0 radical (unpaired) electrons. The summed E-state index contributed by atoms with van der Waals surface area (Å²) in [6.45, 7) is 18.6. The average molecular weight is 915 g/mol. The SMILES string of the molecule is C/C(=C\Cn1cnc2c(ncn2[C@H]2CC(O)[C@@H](CO)O2)c1=O)CC/C=C(\C)CCCC(C)(C)C(C)(C)CCC/C(C)=C/CC/C(C)=C/Cn1cnc2c(ncn2[C@H]2CC(O)[C@@H](CO)O2)c1=O. The third-order valence-electron chi connectivity index (χ3n) is 14.4. The standard InChI is InChI=1S/C50H74N8O8/c1-33(13-9-15-35(3)19-23-55-29-53-45-43(47(55)63)51-31-57(45)41-25-37(61)39(27-59)65-41)17-11-21-49(5,6)50(7,8)22-12-18-34(2)14-10-16-36(4)20-24-56-30-54-46-44(48(56)64)52-32-58(46)42-26-38(62)40(28-60)66-42/h13-14,19-20,29-32,37-42,59-62H,9-12,15-18,21-28H2,1-8H3/b33-13+,34-14+,35-19+,36-20+/t37?,38?,39-,40-,41-,42-/m1/s1. The van der Waals surface area contributed by atoms with Crippen LogP contribution in [0.15, 0.2) is 81.5 Å². The maximum atomic E-state index is 13.2. The molecule has 2 aliphatic rings. The van der Waals surface area contributed by atoms with Gasteiger partial charge in [0.15, 0.2) is 22.3 Å². The maximum Gasteiger partial charge on any atom is 0.281 e. The molecule has 0 bridgehead atoms. The summed E-state index contributed by atoms with van der Waals surface area (Å²) < 4.78 is 17.9. The van der Waals surface area contributed by atoms with E-state index in [1.165, 1.54) is 60.4 Å². The summed E-state index contributed by atoms with van der Waals surface area (Å²) in [5, 5.41) is 39.1. The van der Waals surface area contributed by atoms with Crippen molar-refractivity contribution in [2.45, 2.75) is 182 Å². The van der Waals surface area contributed by atoms with Crippen molar-refractivity contribution in [3.8, 4) is 0 Å². The van der Waals surface area contributed by atoms with Crippen LogP contribution in [-0.2, 0) is 22.6 Å². The van der Waals surface area contributed by atoms with Crippen molar-refractivity contribution in [2.24, 2.45) is 10.8 Å². The summed E-state index contributed by atoms with van der Waals surface area (Å²) in [4.78, 5) is 44.0. The average Bonchev–Trinajstić information content (AvgIpc) is 4.08. The van der Waals surface area contributed by atoms with Gasteiger partial charge in [-0.25, -0.2) is 19.9 Å². The summed E-state index contributed by atoms with van der Waals surface area (Å²) in [6.07, 6.45) is 22.1. The zero-order valence-electron chi connectivity index (χ0n) is 40.4. The fourth-order valence-corrected chi connectivity index (χ4v) is 8.98. The summed E-state index contributed by atoms with van der Waals surface area (Å²) >= 11 is 0. The number of hydrogen-bond acceptors (Lipinski definition) is 12. The topological polar surface area (TPSA) is 205 Å². The van der Waals surface area contributed by atoms with Gasteiger partial charge in [-0.3, -0.25) is 27.9 Å². The number of fused-ring (bicyclic) bond motifs is 2. The molecule has 16 nitrogen and oxygen atoms in total. The number of aliphatic hydroxyl groups is 4. The van der Waals surface area contributed by atoms with E-state index in [0.29, 0.717) is 37.2 Å². The maximum absolute atomic E-state index is 13.2. The molecule has 2 saturated heterocycles. The van der Waals surface area contributed by atoms with Gasteiger partial charge >= 0.3 is 0 Å². The molecule has 2 unspecified atom stereocenters. The lowest BCUT2D eigenvalue weighted by molar-refractivity contribution is -0.0432. The Morgan fingerprint density at radius 3 is 1.35 bits per heavy atom. The highest BCUT2D eigenvalue weighted by Crippen LogP contribution is 2.46. The normalized spacial score (nSPS) is 22.7. The highest BCUT2D eigenvalue weighted by atomic mass is 16.5. The Bertz CT molecular complexity index is 2340. The minimum Gasteiger partial charge on any atom is -0.394 e. The first kappa shape index (κ1) is 50.8. The molecule has 0 aromatic carbocycles. The van der Waals surface area contributed by atoms with Gasteiger partial charge in [-0.05, 0) is 103 Å². The molecule has 2 fully saturated rings. The van der Waals surface area contributed by atoms with Crippen LogP contribution in [0.3, 0.4) is 0 Å². The van der Waals surface area contributed by atoms with E-state index in [2.05, 4.69) is 99.6 Å². The monoisotopic (exact) mass is 915 g/mol. The van der Waals surface area contributed by atoms with E-state index in [9.17, 15) is 30.0 Å². The highest BCUT2D eigenvalue weighted by Gasteiger charge is 2.37. The number of ether oxygens (including phenoxy) is 2. The quantitative estimate of drug-likeness (QED) is 0.0545. The van der Waals surface area contributed by atoms with E-state index >= 15 is 0 Å². The van der Waals surface area contributed by atoms with Crippen molar-refractivity contribution >= 4 is 22.3 Å². The Labute approximate surface area is 388 Å². The fourth-order valence-electron chi connectivity index (χ4n) is 8.98. The van der Waals surface area contributed by atoms with Crippen LogP contribution in [-0.4, -0.2) is 96.3 Å². The number of rotatable bonds is 23. The lowest BCUT2D eigenvalue weighted by Gasteiger charge is -2.42. The number of allylic oxidation sites excluding steroid dienone is 8. The third-order valence-corrected chi connectivity index (χ3v) is 14.4. The fraction of sp³-hybridized carbons (Fsp3) is 0.640. The van der Waals surface area contributed by atoms with E-state index in [-0.39, 0.29) is 46.2 Å². The van der Waals surface area contributed by atoms with E-state index in [0.717, 1.165) is 51.4 Å². The van der Waals surface area contributed by atoms with Crippen LogP contribution in [0.2, 0.25) is 0 Å². The zero-order chi connectivity index (χ0) is 47.8. The van der Waals surface area contributed by atoms with Gasteiger partial charge in [-0.15, -0.1) is 0 Å². The van der Waals surface area contributed by atoms with Gasteiger partial charge in [0, 0.05) is 25.9 Å². The Morgan fingerprint density at radius 1 is 0.606 bits per heavy atom. The Morgan fingerprint density at radius 2 is 0.985 bits per heavy atom. The van der Waals surface area contributed by atoms with Gasteiger partial charge in [0.2, 0.25) is 0 Å². The van der Waals surface area contributed by atoms with Gasteiger partial charge in [-0.2, -0.15) is 0 Å². The minimum absolute atomic E-state index is 0.204. The molecule has 0 spiro atoms. The minimum atomic E-state index is -0.788. The molecule has 6 heterocycles. The molecule has 362 valence electrons. The van der Waals surface area contributed by atoms with Crippen molar-refractivity contribution in [3.63, 3.8) is 0 Å². The summed E-state index contributed by atoms with van der Waals surface area (Å²) in [7, 11) is 0. The van der Waals surface area contributed by atoms with E-state index < -0.39 is 36.9 Å². The van der Waals surface area contributed by atoms with Gasteiger partial charge in [0.05, 0.1) is 38.1 Å². The smallest absolute Gasteiger partial charge is 0.281 e. The first-order chi connectivity index (χ1) is 31.4. The number of aliphatic hydroxyl groups excluding tert-OH is 4. The molecule has 6 atom stereocenters. The Balaban J connectivity index is 0.872. The molecule has 4 aromatic rings. The molecule has 6 rings (SSSR count). The van der Waals surface area contributed by atoms with Gasteiger partial charge in [0.25, 0.3) is 11.1 Å². The van der Waals surface area contributed by atoms with E-state index in [4.69, 9.17) is 9.47 Å². The molecule has 16 heteroatoms. The number of hydrogen-bond donors (Lipinski definition) is 4. The van der Waals surface area contributed by atoms with Gasteiger partial charge in [-0.1, -0.05) is 74.3 Å². The molecule has 0 aliphatic carbocycles. The number of imidazole rings is 2. The van der Waals surface area contributed by atoms with Crippen molar-refractivity contribution in [1.29, 1.82) is 0 Å². The molecular weight excluding hydrogens is 841 g/mol. The third kappa shape index (κ3) is 12.3. The van der Waals surface area contributed by atoms with Crippen LogP contribution in [0.4, 0.5) is 0 Å². The molecule has 66 heavy (non-hydrogen) atoms. The van der Waals surface area contributed by atoms with Crippen molar-refractivity contribution in [3.05, 3.63) is 92.6 Å². The van der Waals surface area contributed by atoms with Crippen LogP contribution in [0.1, 0.15) is 145 Å². The predicted octanol–water partition coefficient (Wildman–Crippen LogP) is 7.22. The first-order valence-corrected chi connectivity index (χ1v) is 23.8. The molecule has 4 N–H and O–H groups in total. The molecule has 2 aliphatic heterocycles. The second-order valence-electron chi connectivity index (χ2n) is 20.0. The van der Waals surface area contributed by atoms with Crippen LogP contribution >= 0.6 is 0 Å². The summed E-state index contributed by atoms with van der Waals surface area (Å²) in [5.74, 6) is 0. The second kappa shape index (κ2) is 22.5. The van der Waals surface area contributed by atoms with Crippen molar-refractivity contribution in [1.82, 2.24) is 38.2 Å². The van der Waals surface area contributed by atoms with Gasteiger partial charge < -0.3 is 29.9 Å². The lowest BCUT2D eigenvalue weighted by atomic mass is 9.63. The van der Waals surface area contributed by atoms with Crippen LogP contribution in [0.5, 0.6) is 0 Å². The lowest BCUT2D eigenvalue weighted by Crippen LogP contribution is -2.32. The highest BCUT2D eigenvalue weighted by molar-refractivity contribution is 5.69. The Kier molecular flexibility index (Phi) is 17.3. The van der Waals surface area contributed by atoms with Crippen LogP contribution in [0, 0.1) is 10.8 Å². The first-order valence-electron chi connectivity index (χ1n) is 23.8. The Hall–Kier alpha value is -4.58. The molecule has 0 amide bonds. The number of nitrogens with zero attached hydrogens (tertiary/aromatic N) is 8. The number of aromatic nitrogens is 8. The van der Waals surface area contributed by atoms with Crippen molar-refractivity contribution < 1.29 is 29.9 Å². The van der Waals surface area contributed by atoms with Gasteiger partial charge in [0.1, 0.15) is 37.3 Å². The van der Waals surface area contributed by atoms with Crippen LogP contribution < -0.4 is 11.1 Å². The molecule has 4 aromatic heterocycles. The molecule has 0 saturated carbocycles. The molecular formula is C50H74N8O8. The predicted molar refractivity (Wildman–Crippen MR) is 256 cm³/mol. The largest absolute Gasteiger partial charge is 0.394 e. The second-order valence-corrected chi connectivity index (χ2v) is 20.0. The summed E-state index contributed by atoms with van der Waals surface area (Å²) in [6, 6.07) is 0. The van der Waals surface area contributed by atoms with Crippen molar-refractivity contribution in [2.75, 3.05) is 13.2 Å². The van der Waals surface area contributed by atoms with Crippen LogP contribution in [0.25, 0.3) is 22.3 Å². The van der Waals surface area contributed by atoms with E-state index in [1.807, 2.05) is 0 Å². The summed E-state index contributed by atoms with van der Waals surface area (Å²) in [5.41, 5.74) is 6.52. The zero-order valence-corrected chi connectivity index (χ0v) is 40.4.